The average Bonchev–Trinajstić information content (AvgIpc) is 2.10. The smallest absolute Gasteiger partial charge is 0.243 e. The summed E-state index contributed by atoms with van der Waals surface area (Å²) < 4.78 is 0. The molecule has 0 bridgehead atoms. The number of allylic oxidation sites excluding steroid dienone is 1. The zero-order valence-electron chi connectivity index (χ0n) is 9.18. The van der Waals surface area contributed by atoms with Gasteiger partial charge in [-0.25, -0.2) is 0 Å². The molecular weight excluding hydrogens is 178 g/mol. The number of nitrogens with one attached hydrogen (secondary N) is 1. The molecule has 0 aromatic rings. The quantitative estimate of drug-likeness (QED) is 0.483. The summed E-state index contributed by atoms with van der Waals surface area (Å²) in [5.41, 5.74) is 1.02. The molecule has 2 N–H and O–H groups in total. The lowest BCUT2D eigenvalue weighted by Gasteiger charge is -2.02. The summed E-state index contributed by atoms with van der Waals surface area (Å²) in [5.74, 6) is -0.00726. The molecule has 0 aromatic carbocycles. The Labute approximate surface area is 86.2 Å². The molecule has 0 aliphatic heterocycles. The molecule has 14 heavy (non-hydrogen) atoms. The first-order valence-corrected chi connectivity index (χ1v) is 5.20. The zero-order valence-corrected chi connectivity index (χ0v) is 9.18. The largest absolute Gasteiger partial charge is 0.396 e. The van der Waals surface area contributed by atoms with E-state index in [1.54, 1.807) is 6.08 Å². The predicted octanol–water partition coefficient (Wildman–Crippen LogP) is 1.62. The van der Waals surface area contributed by atoms with Crippen LogP contribution in [0.5, 0.6) is 0 Å². The molecule has 0 saturated heterocycles. The maximum Gasteiger partial charge on any atom is 0.243 e. The highest BCUT2D eigenvalue weighted by Gasteiger charge is 1.94. The second kappa shape index (κ2) is 8.75. The molecule has 3 heteroatoms. The van der Waals surface area contributed by atoms with Crippen LogP contribution in [0.25, 0.3) is 0 Å². The molecule has 0 unspecified atom stereocenters. The first-order chi connectivity index (χ1) is 6.66. The molecule has 0 radical (unpaired) electrons. The van der Waals surface area contributed by atoms with Crippen LogP contribution in [0.15, 0.2) is 11.6 Å². The van der Waals surface area contributed by atoms with E-state index in [1.807, 2.05) is 13.8 Å². The van der Waals surface area contributed by atoms with Crippen molar-refractivity contribution in [2.45, 2.75) is 39.5 Å². The van der Waals surface area contributed by atoms with Crippen molar-refractivity contribution in [1.29, 1.82) is 0 Å². The van der Waals surface area contributed by atoms with Crippen molar-refractivity contribution < 1.29 is 9.90 Å². The van der Waals surface area contributed by atoms with Gasteiger partial charge in [-0.2, -0.15) is 0 Å². The highest BCUT2D eigenvalue weighted by molar-refractivity contribution is 5.87. The molecule has 1 amide bonds. The van der Waals surface area contributed by atoms with Crippen LogP contribution in [-0.2, 0) is 4.79 Å². The molecular formula is C11H21NO2. The Hall–Kier alpha value is -0.830. The first-order valence-electron chi connectivity index (χ1n) is 5.20. The van der Waals surface area contributed by atoms with E-state index in [0.717, 1.165) is 37.8 Å². The molecule has 0 aliphatic rings. The van der Waals surface area contributed by atoms with E-state index in [1.165, 1.54) is 0 Å². The lowest BCUT2D eigenvalue weighted by Crippen LogP contribution is -2.22. The summed E-state index contributed by atoms with van der Waals surface area (Å²) in [6.07, 6.45) is 5.56. The fourth-order valence-electron chi connectivity index (χ4n) is 1.12. The topological polar surface area (TPSA) is 49.3 Å². The molecule has 82 valence electrons. The predicted molar refractivity (Wildman–Crippen MR) is 58.0 cm³/mol. The Balaban J connectivity index is 3.28. The van der Waals surface area contributed by atoms with Gasteiger partial charge in [0, 0.05) is 19.2 Å². The second-order valence-corrected chi connectivity index (χ2v) is 3.65. The van der Waals surface area contributed by atoms with Crippen molar-refractivity contribution in [1.82, 2.24) is 5.32 Å². The van der Waals surface area contributed by atoms with Gasteiger partial charge >= 0.3 is 0 Å². The number of rotatable bonds is 7. The number of hydrogen-bond acceptors (Lipinski definition) is 2. The number of aliphatic hydroxyl groups excluding tert-OH is 1. The summed E-state index contributed by atoms with van der Waals surface area (Å²) >= 11 is 0. The van der Waals surface area contributed by atoms with Crippen molar-refractivity contribution in [2.24, 2.45) is 0 Å². The van der Waals surface area contributed by atoms with Gasteiger partial charge in [0.2, 0.25) is 5.91 Å². The van der Waals surface area contributed by atoms with Crippen LogP contribution in [0, 0.1) is 0 Å². The summed E-state index contributed by atoms with van der Waals surface area (Å²) in [6, 6.07) is 0. The molecule has 0 aromatic heterocycles. The van der Waals surface area contributed by atoms with Crippen LogP contribution in [-0.4, -0.2) is 24.2 Å². The summed E-state index contributed by atoms with van der Waals surface area (Å²) in [4.78, 5) is 11.1. The third-order valence-corrected chi connectivity index (χ3v) is 1.80. The minimum atomic E-state index is -0.00726. The van der Waals surface area contributed by atoms with Gasteiger partial charge in [0.25, 0.3) is 0 Å². The van der Waals surface area contributed by atoms with Gasteiger partial charge in [0.1, 0.15) is 0 Å². The minimum absolute atomic E-state index is 0.00726. The molecule has 0 aliphatic carbocycles. The van der Waals surface area contributed by atoms with Crippen LogP contribution in [0.3, 0.4) is 0 Å². The molecule has 0 saturated carbocycles. The number of aliphatic hydroxyl groups is 1. The van der Waals surface area contributed by atoms with E-state index in [9.17, 15) is 4.79 Å². The Kier molecular flexibility index (Phi) is 8.24. The second-order valence-electron chi connectivity index (χ2n) is 3.65. The third-order valence-electron chi connectivity index (χ3n) is 1.80. The number of carbonyl (C=O) groups excluding carboxylic acids is 1. The first kappa shape index (κ1) is 13.2. The van der Waals surface area contributed by atoms with Crippen molar-refractivity contribution in [3.63, 3.8) is 0 Å². The van der Waals surface area contributed by atoms with E-state index >= 15 is 0 Å². The Bertz CT molecular complexity index is 184. The van der Waals surface area contributed by atoms with Crippen molar-refractivity contribution >= 4 is 5.91 Å². The number of hydrogen-bond donors (Lipinski definition) is 2. The van der Waals surface area contributed by atoms with Crippen LogP contribution in [0.1, 0.15) is 39.5 Å². The molecule has 0 atom stereocenters. The highest BCUT2D eigenvalue weighted by Crippen LogP contribution is 1.97. The third kappa shape index (κ3) is 9.26. The minimum Gasteiger partial charge on any atom is -0.396 e. The van der Waals surface area contributed by atoms with Gasteiger partial charge in [-0.3, -0.25) is 4.79 Å². The Morgan fingerprint density at radius 2 is 1.86 bits per heavy atom. The van der Waals surface area contributed by atoms with Gasteiger partial charge in [0.05, 0.1) is 0 Å². The van der Waals surface area contributed by atoms with Crippen LogP contribution >= 0.6 is 0 Å². The van der Waals surface area contributed by atoms with Gasteiger partial charge < -0.3 is 10.4 Å². The molecule has 0 rings (SSSR count). The molecule has 3 nitrogen and oxygen atoms in total. The van der Waals surface area contributed by atoms with Gasteiger partial charge in [0.15, 0.2) is 0 Å². The average molecular weight is 199 g/mol. The SMILES string of the molecule is CC(C)=CC(=O)NCCCCCCO. The normalized spacial score (nSPS) is 9.64. The summed E-state index contributed by atoms with van der Waals surface area (Å²) in [5, 5.41) is 11.3. The number of amides is 1. The Morgan fingerprint density at radius 3 is 2.43 bits per heavy atom. The Morgan fingerprint density at radius 1 is 1.21 bits per heavy atom. The van der Waals surface area contributed by atoms with E-state index in [2.05, 4.69) is 5.32 Å². The van der Waals surface area contributed by atoms with Gasteiger partial charge in [-0.1, -0.05) is 18.4 Å². The lowest BCUT2D eigenvalue weighted by molar-refractivity contribution is -0.116. The molecule has 0 heterocycles. The van der Waals surface area contributed by atoms with Crippen molar-refractivity contribution in [2.75, 3.05) is 13.2 Å². The standard InChI is InChI=1S/C11H21NO2/c1-10(2)9-11(14)12-7-5-3-4-6-8-13/h9,13H,3-8H2,1-2H3,(H,12,14). The zero-order chi connectivity index (χ0) is 10.8. The number of unbranched alkanes of at least 4 members (excludes halogenated alkanes) is 3. The summed E-state index contributed by atoms with van der Waals surface area (Å²) in [6.45, 7) is 4.81. The van der Waals surface area contributed by atoms with E-state index in [0.29, 0.717) is 0 Å². The number of carbonyl (C=O) groups is 1. The van der Waals surface area contributed by atoms with Crippen LogP contribution in [0.2, 0.25) is 0 Å². The maximum absolute atomic E-state index is 11.1. The fraction of sp³-hybridized carbons (Fsp3) is 0.727. The lowest BCUT2D eigenvalue weighted by atomic mass is 10.2. The van der Waals surface area contributed by atoms with E-state index in [-0.39, 0.29) is 12.5 Å². The van der Waals surface area contributed by atoms with Crippen molar-refractivity contribution in [3.05, 3.63) is 11.6 Å². The van der Waals surface area contributed by atoms with Gasteiger partial charge in [-0.05, 0) is 26.7 Å². The molecule has 0 fully saturated rings. The highest BCUT2D eigenvalue weighted by atomic mass is 16.2. The van der Waals surface area contributed by atoms with E-state index < -0.39 is 0 Å². The van der Waals surface area contributed by atoms with E-state index in [4.69, 9.17) is 5.11 Å². The van der Waals surface area contributed by atoms with Crippen LogP contribution in [0.4, 0.5) is 0 Å². The fourth-order valence-corrected chi connectivity index (χ4v) is 1.12. The summed E-state index contributed by atoms with van der Waals surface area (Å²) in [7, 11) is 0. The van der Waals surface area contributed by atoms with Crippen molar-refractivity contribution in [3.8, 4) is 0 Å². The van der Waals surface area contributed by atoms with Crippen LogP contribution < -0.4 is 5.32 Å². The van der Waals surface area contributed by atoms with Gasteiger partial charge in [-0.15, -0.1) is 0 Å². The molecule has 0 spiro atoms. The monoisotopic (exact) mass is 199 g/mol. The maximum atomic E-state index is 11.1.